The Morgan fingerprint density at radius 1 is 1.39 bits per heavy atom. The van der Waals surface area contributed by atoms with Crippen LogP contribution in [0.25, 0.3) is 0 Å². The largest absolute Gasteiger partial charge is 0.383 e. The fraction of sp³-hybridized carbons (Fsp3) is 0.875. The van der Waals surface area contributed by atoms with Gasteiger partial charge >= 0.3 is 0 Å². The second-order valence-electron chi connectivity index (χ2n) is 6.24. The summed E-state index contributed by atoms with van der Waals surface area (Å²) in [6.07, 6.45) is 2.47. The van der Waals surface area contributed by atoms with Crippen molar-refractivity contribution in [3.05, 3.63) is 0 Å². The maximum absolute atomic E-state index is 11.7. The molecule has 0 radical (unpaired) electrons. The Hall–Kier alpha value is -0.570. The summed E-state index contributed by atoms with van der Waals surface area (Å²) in [6, 6.07) is 0. The van der Waals surface area contributed by atoms with Crippen LogP contribution in [0.1, 0.15) is 33.6 Å². The van der Waals surface area contributed by atoms with Crippen molar-refractivity contribution < 1.29 is 9.53 Å². The van der Waals surface area contributed by atoms with Gasteiger partial charge in [-0.05, 0) is 31.6 Å². The average molecular weight is 440 g/mol. The molecule has 1 heterocycles. The predicted molar refractivity (Wildman–Crippen MR) is 105 cm³/mol. The van der Waals surface area contributed by atoms with Crippen molar-refractivity contribution in [3.8, 4) is 0 Å². The molecular weight excluding hydrogens is 407 g/mol. The number of hydrogen-bond acceptors (Lipinski definition) is 3. The second kappa shape index (κ2) is 12.8. The van der Waals surface area contributed by atoms with Gasteiger partial charge in [-0.15, -0.1) is 24.0 Å². The molecule has 0 saturated carbocycles. The molecule has 0 bridgehead atoms. The van der Waals surface area contributed by atoms with Crippen LogP contribution in [0.4, 0.5) is 0 Å². The number of carbonyl (C=O) groups is 1. The Morgan fingerprint density at radius 2 is 2.13 bits per heavy atom. The molecule has 0 aliphatic carbocycles. The van der Waals surface area contributed by atoms with E-state index in [0.29, 0.717) is 13.2 Å². The van der Waals surface area contributed by atoms with Crippen LogP contribution in [0, 0.1) is 11.8 Å². The standard InChI is InChI=1S/C16H32N4O2.HI/c1-5-17-16(19-11-15(21)18-7-9-22-4)20-8-6-14(12-20)10-13(2)3;/h13-14H,5-12H2,1-4H3,(H,17,19)(H,18,21);1H. The van der Waals surface area contributed by atoms with Crippen molar-refractivity contribution in [2.45, 2.75) is 33.6 Å². The lowest BCUT2D eigenvalue weighted by molar-refractivity contribution is -0.119. The highest BCUT2D eigenvalue weighted by Gasteiger charge is 2.25. The van der Waals surface area contributed by atoms with E-state index < -0.39 is 0 Å². The first-order valence-electron chi connectivity index (χ1n) is 8.35. The second-order valence-corrected chi connectivity index (χ2v) is 6.24. The fourth-order valence-electron chi connectivity index (χ4n) is 2.81. The number of halogens is 1. The predicted octanol–water partition coefficient (Wildman–Crippen LogP) is 1.70. The van der Waals surface area contributed by atoms with E-state index in [-0.39, 0.29) is 36.4 Å². The lowest BCUT2D eigenvalue weighted by atomic mass is 9.97. The number of rotatable bonds is 8. The molecule has 1 atom stereocenters. The van der Waals surface area contributed by atoms with E-state index in [2.05, 4.69) is 41.3 Å². The minimum absolute atomic E-state index is 0. The van der Waals surface area contributed by atoms with Gasteiger partial charge in [0.15, 0.2) is 5.96 Å². The molecule has 1 aliphatic heterocycles. The molecule has 0 spiro atoms. The minimum atomic E-state index is -0.0645. The maximum Gasteiger partial charge on any atom is 0.241 e. The molecule has 136 valence electrons. The van der Waals surface area contributed by atoms with Crippen LogP contribution in [0.3, 0.4) is 0 Å². The number of ether oxygens (including phenoxy) is 1. The first kappa shape index (κ1) is 22.4. The first-order valence-corrected chi connectivity index (χ1v) is 8.35. The Labute approximate surface area is 157 Å². The molecule has 1 amide bonds. The highest BCUT2D eigenvalue weighted by Crippen LogP contribution is 2.23. The van der Waals surface area contributed by atoms with Gasteiger partial charge in [-0.3, -0.25) is 4.79 Å². The van der Waals surface area contributed by atoms with Gasteiger partial charge in [0, 0.05) is 33.3 Å². The van der Waals surface area contributed by atoms with Crippen LogP contribution < -0.4 is 10.6 Å². The first-order chi connectivity index (χ1) is 10.6. The summed E-state index contributed by atoms with van der Waals surface area (Å²) in [4.78, 5) is 18.5. The molecule has 6 nitrogen and oxygen atoms in total. The van der Waals surface area contributed by atoms with Crippen LogP contribution in [0.5, 0.6) is 0 Å². The normalized spacial score (nSPS) is 18.0. The monoisotopic (exact) mass is 440 g/mol. The van der Waals surface area contributed by atoms with Gasteiger partial charge < -0.3 is 20.3 Å². The number of guanidine groups is 1. The van der Waals surface area contributed by atoms with E-state index in [1.807, 2.05) is 0 Å². The lowest BCUT2D eigenvalue weighted by Crippen LogP contribution is -2.41. The zero-order chi connectivity index (χ0) is 16.4. The Kier molecular flexibility index (Phi) is 12.5. The molecule has 1 rings (SSSR count). The van der Waals surface area contributed by atoms with Gasteiger partial charge in [0.25, 0.3) is 0 Å². The molecule has 1 fully saturated rings. The zero-order valence-corrected chi connectivity index (χ0v) is 17.3. The Morgan fingerprint density at radius 3 is 2.74 bits per heavy atom. The Balaban J connectivity index is 0.00000484. The van der Waals surface area contributed by atoms with E-state index in [4.69, 9.17) is 4.74 Å². The third-order valence-electron chi connectivity index (χ3n) is 3.73. The molecular formula is C16H33IN4O2. The Bertz CT molecular complexity index is 364. The molecule has 2 N–H and O–H groups in total. The van der Waals surface area contributed by atoms with Crippen LogP contribution in [-0.4, -0.2) is 63.2 Å². The quantitative estimate of drug-likeness (QED) is 0.261. The van der Waals surface area contributed by atoms with Crippen LogP contribution in [0.2, 0.25) is 0 Å². The number of amides is 1. The van der Waals surface area contributed by atoms with E-state index in [1.54, 1.807) is 7.11 Å². The summed E-state index contributed by atoms with van der Waals surface area (Å²) < 4.78 is 4.91. The van der Waals surface area contributed by atoms with Crippen molar-refractivity contribution in [2.75, 3.05) is 46.4 Å². The van der Waals surface area contributed by atoms with Gasteiger partial charge in [0.1, 0.15) is 6.54 Å². The van der Waals surface area contributed by atoms with Crippen molar-refractivity contribution in [1.82, 2.24) is 15.5 Å². The van der Waals surface area contributed by atoms with Gasteiger partial charge in [0.2, 0.25) is 5.91 Å². The van der Waals surface area contributed by atoms with Crippen LogP contribution in [0.15, 0.2) is 4.99 Å². The van der Waals surface area contributed by atoms with Crippen molar-refractivity contribution in [3.63, 3.8) is 0 Å². The van der Waals surface area contributed by atoms with Crippen LogP contribution in [-0.2, 0) is 9.53 Å². The fourth-order valence-corrected chi connectivity index (χ4v) is 2.81. The number of carbonyl (C=O) groups excluding carboxylic acids is 1. The molecule has 1 saturated heterocycles. The molecule has 0 aromatic rings. The third kappa shape index (κ3) is 9.34. The lowest BCUT2D eigenvalue weighted by Gasteiger charge is -2.22. The number of methoxy groups -OCH3 is 1. The number of hydrogen-bond donors (Lipinski definition) is 2. The molecule has 1 unspecified atom stereocenters. The molecule has 0 aromatic carbocycles. The summed E-state index contributed by atoms with van der Waals surface area (Å²) in [5.41, 5.74) is 0. The SMILES string of the molecule is CCNC(=NCC(=O)NCCOC)N1CCC(CC(C)C)C1.I. The summed E-state index contributed by atoms with van der Waals surface area (Å²) in [5, 5.41) is 6.08. The smallest absolute Gasteiger partial charge is 0.241 e. The van der Waals surface area contributed by atoms with Crippen LogP contribution >= 0.6 is 24.0 Å². The molecule has 7 heteroatoms. The van der Waals surface area contributed by atoms with E-state index in [1.165, 1.54) is 12.8 Å². The van der Waals surface area contributed by atoms with E-state index in [9.17, 15) is 4.79 Å². The van der Waals surface area contributed by atoms with Gasteiger partial charge in [-0.2, -0.15) is 0 Å². The maximum atomic E-state index is 11.7. The summed E-state index contributed by atoms with van der Waals surface area (Å²) in [5.74, 6) is 2.26. The minimum Gasteiger partial charge on any atom is -0.383 e. The summed E-state index contributed by atoms with van der Waals surface area (Å²) in [7, 11) is 1.62. The molecule has 1 aliphatic rings. The molecule has 23 heavy (non-hydrogen) atoms. The summed E-state index contributed by atoms with van der Waals surface area (Å²) >= 11 is 0. The highest BCUT2D eigenvalue weighted by atomic mass is 127. The zero-order valence-electron chi connectivity index (χ0n) is 14.9. The van der Waals surface area contributed by atoms with E-state index >= 15 is 0 Å². The topological polar surface area (TPSA) is 66.0 Å². The number of nitrogens with zero attached hydrogens (tertiary/aromatic N) is 2. The number of likely N-dealkylation sites (tertiary alicyclic amines) is 1. The highest BCUT2D eigenvalue weighted by molar-refractivity contribution is 14.0. The number of nitrogens with one attached hydrogen (secondary N) is 2. The number of aliphatic imine (C=N–C) groups is 1. The third-order valence-corrected chi connectivity index (χ3v) is 3.73. The van der Waals surface area contributed by atoms with Crippen molar-refractivity contribution >= 4 is 35.8 Å². The average Bonchev–Trinajstić information content (AvgIpc) is 2.91. The summed E-state index contributed by atoms with van der Waals surface area (Å²) in [6.45, 7) is 10.7. The van der Waals surface area contributed by atoms with E-state index in [0.717, 1.165) is 37.4 Å². The van der Waals surface area contributed by atoms with Gasteiger partial charge in [-0.1, -0.05) is 13.8 Å². The van der Waals surface area contributed by atoms with Crippen molar-refractivity contribution in [2.24, 2.45) is 16.8 Å². The van der Waals surface area contributed by atoms with Crippen molar-refractivity contribution in [1.29, 1.82) is 0 Å². The van der Waals surface area contributed by atoms with Gasteiger partial charge in [-0.25, -0.2) is 4.99 Å². The van der Waals surface area contributed by atoms with Gasteiger partial charge in [0.05, 0.1) is 6.61 Å². The molecule has 0 aromatic heterocycles.